The standard InChI is InChI=1S/C10H8O3/c11-7-5-3-1-2-4-6(5)8(12)10-9(7)13-10/h1-4,7,9-11H. The lowest BCUT2D eigenvalue weighted by Crippen LogP contribution is -2.23. The molecule has 1 aromatic rings. The summed E-state index contributed by atoms with van der Waals surface area (Å²) in [5.41, 5.74) is 1.31. The van der Waals surface area contributed by atoms with Crippen LogP contribution in [0, 0.1) is 0 Å². The van der Waals surface area contributed by atoms with Crippen LogP contribution in [0.5, 0.6) is 0 Å². The van der Waals surface area contributed by atoms with Crippen LogP contribution in [0.25, 0.3) is 0 Å². The number of hydrogen-bond donors (Lipinski definition) is 1. The van der Waals surface area contributed by atoms with Crippen molar-refractivity contribution in [3.05, 3.63) is 35.4 Å². The van der Waals surface area contributed by atoms with E-state index in [1.165, 1.54) is 0 Å². The third-order valence-corrected chi connectivity index (χ3v) is 2.64. The molecule has 1 fully saturated rings. The molecular formula is C10H8O3. The van der Waals surface area contributed by atoms with Crippen LogP contribution in [0.4, 0.5) is 0 Å². The smallest absolute Gasteiger partial charge is 0.194 e. The van der Waals surface area contributed by atoms with Crippen molar-refractivity contribution in [1.82, 2.24) is 0 Å². The third kappa shape index (κ3) is 0.829. The van der Waals surface area contributed by atoms with Crippen LogP contribution in [-0.2, 0) is 4.74 Å². The highest BCUT2D eigenvalue weighted by Crippen LogP contribution is 2.42. The first-order chi connectivity index (χ1) is 6.29. The first kappa shape index (κ1) is 7.24. The van der Waals surface area contributed by atoms with Gasteiger partial charge >= 0.3 is 0 Å². The van der Waals surface area contributed by atoms with E-state index in [0.717, 1.165) is 0 Å². The van der Waals surface area contributed by atoms with Crippen LogP contribution in [0.15, 0.2) is 24.3 Å². The topological polar surface area (TPSA) is 49.8 Å². The van der Waals surface area contributed by atoms with Gasteiger partial charge in [0.2, 0.25) is 0 Å². The molecule has 0 saturated carbocycles. The molecule has 1 N–H and O–H groups in total. The molecule has 0 radical (unpaired) electrons. The first-order valence-electron chi connectivity index (χ1n) is 4.26. The Labute approximate surface area is 74.9 Å². The summed E-state index contributed by atoms with van der Waals surface area (Å²) >= 11 is 0. The van der Waals surface area contributed by atoms with Crippen molar-refractivity contribution in [2.24, 2.45) is 0 Å². The molecule has 1 aliphatic carbocycles. The van der Waals surface area contributed by atoms with E-state index in [-0.39, 0.29) is 18.0 Å². The van der Waals surface area contributed by atoms with E-state index >= 15 is 0 Å². The zero-order chi connectivity index (χ0) is 9.00. The zero-order valence-corrected chi connectivity index (χ0v) is 6.81. The highest BCUT2D eigenvalue weighted by atomic mass is 16.6. The Bertz CT molecular complexity index is 386. The van der Waals surface area contributed by atoms with E-state index in [0.29, 0.717) is 11.1 Å². The van der Waals surface area contributed by atoms with Gasteiger partial charge in [0.25, 0.3) is 0 Å². The molecule has 1 saturated heterocycles. The van der Waals surface area contributed by atoms with E-state index in [9.17, 15) is 9.90 Å². The van der Waals surface area contributed by atoms with Crippen LogP contribution < -0.4 is 0 Å². The minimum Gasteiger partial charge on any atom is -0.386 e. The largest absolute Gasteiger partial charge is 0.386 e. The second-order valence-corrected chi connectivity index (χ2v) is 3.42. The minimum absolute atomic E-state index is 0.00546. The number of benzene rings is 1. The Morgan fingerprint density at radius 3 is 2.92 bits per heavy atom. The van der Waals surface area contributed by atoms with Crippen molar-refractivity contribution in [3.8, 4) is 0 Å². The Morgan fingerprint density at radius 1 is 1.31 bits per heavy atom. The number of rotatable bonds is 0. The maximum absolute atomic E-state index is 11.6. The van der Waals surface area contributed by atoms with Gasteiger partial charge in [-0.15, -0.1) is 0 Å². The average molecular weight is 176 g/mol. The number of ether oxygens (including phenoxy) is 1. The highest BCUT2D eigenvalue weighted by molar-refractivity contribution is 6.04. The summed E-state index contributed by atoms with van der Waals surface area (Å²) in [6.07, 6.45) is -1.30. The average Bonchev–Trinajstić information content (AvgIpc) is 2.94. The minimum atomic E-state index is -0.626. The van der Waals surface area contributed by atoms with Crippen molar-refractivity contribution < 1.29 is 14.6 Å². The van der Waals surface area contributed by atoms with E-state index in [1.807, 2.05) is 6.07 Å². The predicted molar refractivity (Wildman–Crippen MR) is 44.4 cm³/mol. The number of carbonyl (C=O) groups excluding carboxylic acids is 1. The van der Waals surface area contributed by atoms with Crippen LogP contribution in [0.2, 0.25) is 0 Å². The Hall–Kier alpha value is -1.19. The van der Waals surface area contributed by atoms with Gasteiger partial charge in [-0.3, -0.25) is 4.79 Å². The monoisotopic (exact) mass is 176 g/mol. The molecule has 0 amide bonds. The zero-order valence-electron chi connectivity index (χ0n) is 6.81. The van der Waals surface area contributed by atoms with Gasteiger partial charge in [0.1, 0.15) is 18.3 Å². The molecule has 1 heterocycles. The van der Waals surface area contributed by atoms with Crippen molar-refractivity contribution >= 4 is 5.78 Å². The molecule has 3 heteroatoms. The van der Waals surface area contributed by atoms with Gasteiger partial charge in [-0.2, -0.15) is 0 Å². The number of fused-ring (bicyclic) bond motifs is 2. The molecule has 2 aliphatic rings. The molecule has 13 heavy (non-hydrogen) atoms. The summed E-state index contributed by atoms with van der Waals surface area (Å²) in [5.74, 6) is 0.00546. The molecule has 0 spiro atoms. The van der Waals surface area contributed by atoms with E-state index in [2.05, 4.69) is 0 Å². The number of ketones is 1. The molecule has 0 aromatic heterocycles. The van der Waals surface area contributed by atoms with Gasteiger partial charge in [-0.05, 0) is 5.56 Å². The van der Waals surface area contributed by atoms with Gasteiger partial charge in [0.05, 0.1) is 0 Å². The third-order valence-electron chi connectivity index (χ3n) is 2.64. The summed E-state index contributed by atoms with van der Waals surface area (Å²) in [6.45, 7) is 0. The first-order valence-corrected chi connectivity index (χ1v) is 4.26. The fraction of sp³-hybridized carbons (Fsp3) is 0.300. The van der Waals surface area contributed by atoms with E-state index in [1.54, 1.807) is 18.2 Å². The predicted octanol–water partition coefficient (Wildman–Crippen LogP) is 0.684. The molecule has 3 atom stereocenters. The van der Waals surface area contributed by atoms with Crippen LogP contribution in [0.3, 0.4) is 0 Å². The molecule has 3 nitrogen and oxygen atoms in total. The Balaban J connectivity index is 2.20. The number of aliphatic hydroxyl groups excluding tert-OH is 1. The molecule has 66 valence electrons. The van der Waals surface area contributed by atoms with Crippen molar-refractivity contribution in [2.75, 3.05) is 0 Å². The van der Waals surface area contributed by atoms with E-state index < -0.39 is 6.10 Å². The van der Waals surface area contributed by atoms with Gasteiger partial charge in [-0.25, -0.2) is 0 Å². The number of Topliss-reactive ketones (excluding diaryl/α,β-unsaturated/α-hetero) is 1. The molecule has 0 bridgehead atoms. The fourth-order valence-corrected chi connectivity index (χ4v) is 1.88. The van der Waals surface area contributed by atoms with Gasteiger partial charge in [0, 0.05) is 5.56 Å². The van der Waals surface area contributed by atoms with Crippen LogP contribution in [-0.4, -0.2) is 23.1 Å². The number of aliphatic hydroxyl groups is 1. The Morgan fingerprint density at radius 2 is 2.08 bits per heavy atom. The van der Waals surface area contributed by atoms with Crippen molar-refractivity contribution in [1.29, 1.82) is 0 Å². The SMILES string of the molecule is O=C1c2ccccc2C(O)C2OC12. The van der Waals surface area contributed by atoms with Gasteiger partial charge in [0.15, 0.2) is 5.78 Å². The molecule has 3 rings (SSSR count). The lowest BCUT2D eigenvalue weighted by atomic mass is 9.89. The molecule has 1 aromatic carbocycles. The van der Waals surface area contributed by atoms with Gasteiger partial charge in [-0.1, -0.05) is 24.3 Å². The molecule has 1 aliphatic heterocycles. The second kappa shape index (κ2) is 2.19. The Kier molecular flexibility index (Phi) is 1.22. The summed E-state index contributed by atoms with van der Waals surface area (Å²) in [7, 11) is 0. The summed E-state index contributed by atoms with van der Waals surface area (Å²) in [6, 6.07) is 7.12. The number of epoxide rings is 1. The maximum Gasteiger partial charge on any atom is 0.194 e. The highest BCUT2D eigenvalue weighted by Gasteiger charge is 2.54. The van der Waals surface area contributed by atoms with Crippen LogP contribution >= 0.6 is 0 Å². The molecular weight excluding hydrogens is 168 g/mol. The summed E-state index contributed by atoms with van der Waals surface area (Å²) in [5, 5.41) is 9.71. The molecule has 3 unspecified atom stereocenters. The van der Waals surface area contributed by atoms with E-state index in [4.69, 9.17) is 4.74 Å². The fourth-order valence-electron chi connectivity index (χ4n) is 1.88. The van der Waals surface area contributed by atoms with Crippen LogP contribution in [0.1, 0.15) is 22.0 Å². The summed E-state index contributed by atoms with van der Waals surface area (Å²) < 4.78 is 5.09. The quantitative estimate of drug-likeness (QED) is 0.591. The lowest BCUT2D eigenvalue weighted by Gasteiger charge is -2.15. The number of hydrogen-bond acceptors (Lipinski definition) is 3. The second-order valence-electron chi connectivity index (χ2n) is 3.42. The number of carbonyl (C=O) groups is 1. The lowest BCUT2D eigenvalue weighted by molar-refractivity contribution is 0.0941. The maximum atomic E-state index is 11.6. The summed E-state index contributed by atoms with van der Waals surface area (Å²) in [4.78, 5) is 11.6. The normalized spacial score (nSPS) is 35.2. The van der Waals surface area contributed by atoms with Crippen molar-refractivity contribution in [2.45, 2.75) is 18.3 Å². The van der Waals surface area contributed by atoms with Gasteiger partial charge < -0.3 is 9.84 Å². The van der Waals surface area contributed by atoms with Crippen molar-refractivity contribution in [3.63, 3.8) is 0 Å².